The second-order valence-corrected chi connectivity index (χ2v) is 18.1. The van der Waals surface area contributed by atoms with Gasteiger partial charge in [0.15, 0.2) is 0 Å². The van der Waals surface area contributed by atoms with E-state index in [0.717, 1.165) is 69.7 Å². The highest BCUT2D eigenvalue weighted by molar-refractivity contribution is 8.33. The minimum Gasteiger partial charge on any atom is -0.240 e. The van der Waals surface area contributed by atoms with E-state index in [9.17, 15) is 0 Å². The van der Waals surface area contributed by atoms with Crippen LogP contribution in [0.25, 0.3) is 10.8 Å². The van der Waals surface area contributed by atoms with Gasteiger partial charge in [0, 0.05) is 0 Å². The molecule has 4 aliphatic rings. The topological polar surface area (TPSA) is 0 Å². The van der Waals surface area contributed by atoms with Crippen molar-refractivity contribution >= 4 is 20.8 Å². The molecule has 4 saturated carbocycles. The van der Waals surface area contributed by atoms with Crippen molar-refractivity contribution in [2.75, 3.05) is 12.5 Å². The van der Waals surface area contributed by atoms with Gasteiger partial charge in [-0.05, 0) is 118 Å². The van der Waals surface area contributed by atoms with Gasteiger partial charge in [-0.1, -0.05) is 89.9 Å². The fraction of sp³-hybridized carbons (Fsp3) is 0.706. The molecule has 11 unspecified atom stereocenters. The molecule has 1 heteroatoms. The monoisotopic (exact) mass is 490 g/mol. The van der Waals surface area contributed by atoms with Gasteiger partial charge in [-0.25, -0.2) is 10.0 Å². The summed E-state index contributed by atoms with van der Waals surface area (Å²) in [4.78, 5) is 0. The van der Waals surface area contributed by atoms with E-state index >= 15 is 0 Å². The summed E-state index contributed by atoms with van der Waals surface area (Å²) >= 11 is 0. The number of hydrogen-bond donors (Lipinski definition) is 0. The Morgan fingerprint density at radius 1 is 0.657 bits per heavy atom. The number of benzene rings is 2. The first kappa shape index (κ1) is 24.4. The van der Waals surface area contributed by atoms with Crippen molar-refractivity contribution < 1.29 is 0 Å². The third-order valence-electron chi connectivity index (χ3n) is 12.5. The molecule has 0 saturated heterocycles. The average molecular weight is 491 g/mol. The molecule has 4 fully saturated rings. The zero-order chi connectivity index (χ0) is 24.6. The zero-order valence-electron chi connectivity index (χ0n) is 23.4. The van der Waals surface area contributed by atoms with Crippen molar-refractivity contribution in [2.24, 2.45) is 53.3 Å². The van der Waals surface area contributed by atoms with Crippen molar-refractivity contribution in [1.82, 2.24) is 0 Å². The minimum absolute atomic E-state index is 0.699. The van der Waals surface area contributed by atoms with Gasteiger partial charge in [0.1, 0.15) is 0 Å². The van der Waals surface area contributed by atoms with Crippen LogP contribution >= 0.6 is 10.0 Å². The molecule has 0 bridgehead atoms. The Kier molecular flexibility index (Phi) is 6.14. The Morgan fingerprint density at radius 3 is 2.09 bits per heavy atom. The molecule has 0 amide bonds. The second-order valence-electron chi connectivity index (χ2n) is 14.1. The van der Waals surface area contributed by atoms with E-state index in [2.05, 4.69) is 89.6 Å². The molecule has 0 spiro atoms. The van der Waals surface area contributed by atoms with Gasteiger partial charge in [0.05, 0.1) is 0 Å². The molecule has 2 aromatic carbocycles. The largest absolute Gasteiger partial charge is 0.240 e. The van der Waals surface area contributed by atoms with Crippen molar-refractivity contribution in [1.29, 1.82) is 0 Å². The maximum atomic E-state index is 2.80. The molecule has 35 heavy (non-hydrogen) atoms. The van der Waals surface area contributed by atoms with Crippen molar-refractivity contribution in [3.63, 3.8) is 0 Å². The van der Waals surface area contributed by atoms with Gasteiger partial charge in [0.2, 0.25) is 0 Å². The van der Waals surface area contributed by atoms with Crippen molar-refractivity contribution in [2.45, 2.75) is 83.1 Å². The van der Waals surface area contributed by atoms with Gasteiger partial charge >= 0.3 is 0 Å². The van der Waals surface area contributed by atoms with Crippen LogP contribution in [-0.2, 0) is 0 Å². The summed E-state index contributed by atoms with van der Waals surface area (Å²) in [5.41, 5.74) is 1.71. The Balaban J connectivity index is 1.41. The van der Waals surface area contributed by atoms with Gasteiger partial charge < -0.3 is 0 Å². The maximum absolute atomic E-state index is 2.80. The van der Waals surface area contributed by atoms with Gasteiger partial charge in [-0.3, -0.25) is 0 Å². The Bertz CT molecular complexity index is 1050. The van der Waals surface area contributed by atoms with Gasteiger partial charge in [0.25, 0.3) is 0 Å². The lowest BCUT2D eigenvalue weighted by Gasteiger charge is -2.54. The van der Waals surface area contributed by atoms with E-state index in [1.807, 2.05) is 0 Å². The van der Waals surface area contributed by atoms with E-state index in [4.69, 9.17) is 0 Å². The molecule has 0 heterocycles. The van der Waals surface area contributed by atoms with E-state index in [1.165, 1.54) is 31.1 Å². The molecule has 0 radical (unpaired) electrons. The summed E-state index contributed by atoms with van der Waals surface area (Å²) in [6.45, 7) is 13.0. The normalized spacial score (nSPS) is 46.0. The molecular formula is C34H50S. The van der Waals surface area contributed by atoms with E-state index < -0.39 is 10.0 Å². The van der Waals surface area contributed by atoms with Crippen LogP contribution in [0, 0.1) is 53.3 Å². The first-order chi connectivity index (χ1) is 16.7. The number of fused-ring (bicyclic) bond motifs is 3. The zero-order valence-corrected chi connectivity index (χ0v) is 24.2. The van der Waals surface area contributed by atoms with Crippen LogP contribution < -0.4 is 0 Å². The van der Waals surface area contributed by atoms with Crippen LogP contribution in [0.5, 0.6) is 0 Å². The minimum atomic E-state index is -0.699. The number of hydrogen-bond acceptors (Lipinski definition) is 0. The predicted octanol–water partition coefficient (Wildman–Crippen LogP) is 9.38. The Hall–Kier alpha value is -0.950. The highest BCUT2D eigenvalue weighted by Crippen LogP contribution is 2.71. The van der Waals surface area contributed by atoms with Gasteiger partial charge in [-0.2, -0.15) is 0 Å². The Labute approximate surface area is 217 Å². The second kappa shape index (κ2) is 8.82. The van der Waals surface area contributed by atoms with Crippen LogP contribution in [-0.4, -0.2) is 23.0 Å². The third-order valence-corrected chi connectivity index (χ3v) is 17.0. The SMILES string of the molecule is CC1CC2C(CC3CCCC3C2c2cccc3ccccc23)C1S(C)(C)C1C(C)C(C)C(C)C1C. The molecule has 0 nitrogen and oxygen atoms in total. The van der Waals surface area contributed by atoms with Crippen LogP contribution in [0.1, 0.15) is 78.2 Å². The lowest BCUT2D eigenvalue weighted by molar-refractivity contribution is 0.124. The molecule has 6 rings (SSSR count). The van der Waals surface area contributed by atoms with E-state index in [0.29, 0.717) is 0 Å². The van der Waals surface area contributed by atoms with E-state index in [1.54, 1.807) is 17.4 Å². The van der Waals surface area contributed by atoms with Crippen LogP contribution in [0.15, 0.2) is 42.5 Å². The molecule has 4 aliphatic carbocycles. The molecule has 11 atom stereocenters. The van der Waals surface area contributed by atoms with Crippen molar-refractivity contribution in [3.05, 3.63) is 48.0 Å². The highest BCUT2D eigenvalue weighted by atomic mass is 32.3. The summed E-state index contributed by atoms with van der Waals surface area (Å²) in [5.74, 6) is 8.93. The van der Waals surface area contributed by atoms with Crippen LogP contribution in [0.2, 0.25) is 0 Å². The quantitative estimate of drug-likeness (QED) is 0.402. The Morgan fingerprint density at radius 2 is 1.34 bits per heavy atom. The smallest absolute Gasteiger partial charge is 0.00570 e. The average Bonchev–Trinajstić information content (AvgIpc) is 3.49. The lowest BCUT2D eigenvalue weighted by Crippen LogP contribution is -2.42. The summed E-state index contributed by atoms with van der Waals surface area (Å²) in [5, 5.41) is 4.90. The summed E-state index contributed by atoms with van der Waals surface area (Å²) in [6.07, 6.45) is 13.1. The van der Waals surface area contributed by atoms with Gasteiger partial charge in [-0.15, -0.1) is 0 Å². The fourth-order valence-electron chi connectivity index (χ4n) is 11.0. The summed E-state index contributed by atoms with van der Waals surface area (Å²) in [7, 11) is -0.699. The van der Waals surface area contributed by atoms with Crippen molar-refractivity contribution in [3.8, 4) is 0 Å². The summed E-state index contributed by atoms with van der Waals surface area (Å²) < 4.78 is 0. The lowest BCUT2D eigenvalue weighted by atomic mass is 9.61. The molecule has 192 valence electrons. The predicted molar refractivity (Wildman–Crippen MR) is 157 cm³/mol. The molecule has 0 aliphatic heterocycles. The molecule has 2 aromatic rings. The maximum Gasteiger partial charge on any atom is -0.00570 e. The first-order valence-electron chi connectivity index (χ1n) is 14.9. The summed E-state index contributed by atoms with van der Waals surface area (Å²) in [6, 6.07) is 16.5. The highest BCUT2D eigenvalue weighted by Gasteiger charge is 2.59. The molecule has 0 N–H and O–H groups in total. The van der Waals surface area contributed by atoms with Crippen LogP contribution in [0.3, 0.4) is 0 Å². The third kappa shape index (κ3) is 3.60. The first-order valence-corrected chi connectivity index (χ1v) is 17.5. The fourth-order valence-corrected chi connectivity index (χ4v) is 16.6. The molecule has 0 aromatic heterocycles. The standard InChI is InChI=1S/C34H50S/c1-20-18-30-31(33(20)35(6,7)34-23(4)21(2)22(3)24(34)5)19-26-14-11-16-28(26)32(30)29-17-10-13-25-12-8-9-15-27(25)29/h8-10,12-13,15,17,20-24,26,28,30-34H,11,14,16,18-19H2,1-7H3. The number of rotatable bonds is 3. The van der Waals surface area contributed by atoms with E-state index in [-0.39, 0.29) is 0 Å². The molecular weight excluding hydrogens is 440 g/mol. The van der Waals surface area contributed by atoms with Crippen LogP contribution in [0.4, 0.5) is 0 Å².